The first-order chi connectivity index (χ1) is 13.5. The summed E-state index contributed by atoms with van der Waals surface area (Å²) in [6.45, 7) is 2.22. The summed E-state index contributed by atoms with van der Waals surface area (Å²) in [5, 5.41) is 10.7. The van der Waals surface area contributed by atoms with Gasteiger partial charge >= 0.3 is 5.97 Å². The van der Waals surface area contributed by atoms with E-state index >= 15 is 0 Å². The summed E-state index contributed by atoms with van der Waals surface area (Å²) in [4.78, 5) is 16.4. The summed E-state index contributed by atoms with van der Waals surface area (Å²) in [5.74, 6) is -1.05. The number of fused-ring (bicyclic) bond motifs is 1. The molecule has 1 aromatic heterocycles. The molecule has 0 atom stereocenters. The van der Waals surface area contributed by atoms with E-state index in [1.54, 1.807) is 18.2 Å². The van der Waals surface area contributed by atoms with Crippen LogP contribution in [0, 0.1) is 0 Å². The molecule has 0 saturated carbocycles. The summed E-state index contributed by atoms with van der Waals surface area (Å²) in [6, 6.07) is 12.9. The molecule has 0 radical (unpaired) electrons. The molecule has 0 aliphatic heterocycles. The third kappa shape index (κ3) is 4.65. The average Bonchev–Trinajstić information content (AvgIpc) is 2.70. The largest absolute Gasteiger partial charge is 0.478 e. The molecule has 28 heavy (non-hydrogen) atoms. The molecule has 2 aromatic carbocycles. The minimum absolute atomic E-state index is 0.104. The van der Waals surface area contributed by atoms with Crippen LogP contribution >= 0.6 is 23.2 Å². The summed E-state index contributed by atoms with van der Waals surface area (Å²) < 4.78 is 0. The van der Waals surface area contributed by atoms with Crippen molar-refractivity contribution in [3.63, 3.8) is 0 Å². The smallest absolute Gasteiger partial charge is 0.336 e. The van der Waals surface area contributed by atoms with Gasteiger partial charge < -0.3 is 5.11 Å². The van der Waals surface area contributed by atoms with Crippen molar-refractivity contribution in [3.8, 4) is 11.3 Å². The van der Waals surface area contributed by atoms with Gasteiger partial charge in [0.25, 0.3) is 0 Å². The third-order valence-electron chi connectivity index (χ3n) is 4.91. The molecule has 1 N–H and O–H groups in total. The van der Waals surface area contributed by atoms with Crippen LogP contribution in [0.5, 0.6) is 0 Å². The molecule has 0 saturated heterocycles. The van der Waals surface area contributed by atoms with Crippen LogP contribution in [0.25, 0.3) is 22.2 Å². The Labute approximate surface area is 175 Å². The van der Waals surface area contributed by atoms with Gasteiger partial charge in [-0.2, -0.15) is 0 Å². The Hall–Kier alpha value is -2.10. The number of unbranched alkanes of at least 4 members (excludes halogenated alkanes) is 4. The molecule has 0 aliphatic carbocycles. The van der Waals surface area contributed by atoms with Crippen LogP contribution in [-0.2, 0) is 6.42 Å². The minimum atomic E-state index is -1.05. The van der Waals surface area contributed by atoms with Crippen molar-refractivity contribution in [1.82, 2.24) is 4.98 Å². The van der Waals surface area contributed by atoms with E-state index in [0.29, 0.717) is 26.6 Å². The quantitative estimate of drug-likeness (QED) is 0.389. The van der Waals surface area contributed by atoms with Crippen molar-refractivity contribution in [3.05, 3.63) is 63.6 Å². The molecule has 0 spiro atoms. The SMILES string of the molecule is CCCCCCCc1ccc(-c2cc(C(=O)O)c3c(Cl)ccc(Cl)c3n2)cc1. The molecule has 1 heterocycles. The van der Waals surface area contributed by atoms with E-state index in [1.807, 2.05) is 12.1 Å². The number of aromatic nitrogens is 1. The normalized spacial score (nSPS) is 11.1. The lowest BCUT2D eigenvalue weighted by Gasteiger charge is -2.10. The third-order valence-corrected chi connectivity index (χ3v) is 5.53. The number of carbonyl (C=O) groups is 1. The average molecular weight is 416 g/mol. The molecule has 3 rings (SSSR count). The predicted molar refractivity (Wildman–Crippen MR) is 117 cm³/mol. The fraction of sp³-hybridized carbons (Fsp3) is 0.304. The Morgan fingerprint density at radius 2 is 1.64 bits per heavy atom. The number of carboxylic acids is 1. The van der Waals surface area contributed by atoms with Crippen molar-refractivity contribution < 1.29 is 9.90 Å². The zero-order valence-electron chi connectivity index (χ0n) is 15.8. The van der Waals surface area contributed by atoms with Crippen LogP contribution in [0.4, 0.5) is 0 Å². The van der Waals surface area contributed by atoms with Crippen molar-refractivity contribution in [1.29, 1.82) is 0 Å². The van der Waals surface area contributed by atoms with E-state index < -0.39 is 5.97 Å². The van der Waals surface area contributed by atoms with Gasteiger partial charge in [0.05, 0.1) is 26.8 Å². The molecule has 146 valence electrons. The van der Waals surface area contributed by atoms with Gasteiger partial charge in [-0.3, -0.25) is 0 Å². The number of pyridine rings is 1. The van der Waals surface area contributed by atoms with Crippen molar-refractivity contribution in [2.45, 2.75) is 45.4 Å². The van der Waals surface area contributed by atoms with E-state index in [0.717, 1.165) is 12.0 Å². The molecule has 3 nitrogen and oxygen atoms in total. The Morgan fingerprint density at radius 3 is 2.32 bits per heavy atom. The lowest BCUT2D eigenvalue weighted by atomic mass is 10.0. The second-order valence-corrected chi connectivity index (χ2v) is 7.79. The number of hydrogen-bond acceptors (Lipinski definition) is 2. The first-order valence-corrected chi connectivity index (χ1v) is 10.4. The standard InChI is InChI=1S/C23H23Cl2NO2/c1-2-3-4-5-6-7-15-8-10-16(11-9-15)20-14-17(23(27)28)21-18(24)12-13-19(25)22(21)26-20/h8-14H,2-7H2,1H3,(H,27,28). The molecule has 0 bridgehead atoms. The van der Waals surface area contributed by atoms with Gasteiger partial charge in [-0.25, -0.2) is 9.78 Å². The number of rotatable bonds is 8. The summed E-state index contributed by atoms with van der Waals surface area (Å²) in [5.41, 5.74) is 3.22. The van der Waals surface area contributed by atoms with Crippen molar-refractivity contribution in [2.24, 2.45) is 0 Å². The summed E-state index contributed by atoms with van der Waals surface area (Å²) >= 11 is 12.5. The highest BCUT2D eigenvalue weighted by molar-refractivity contribution is 6.41. The molecule has 5 heteroatoms. The van der Waals surface area contributed by atoms with Gasteiger partial charge in [-0.15, -0.1) is 0 Å². The van der Waals surface area contributed by atoms with E-state index in [-0.39, 0.29) is 5.56 Å². The fourth-order valence-corrected chi connectivity index (χ4v) is 3.81. The molecule has 3 aromatic rings. The Morgan fingerprint density at radius 1 is 0.964 bits per heavy atom. The maximum atomic E-state index is 11.8. The van der Waals surface area contributed by atoms with E-state index in [2.05, 4.69) is 24.0 Å². The van der Waals surface area contributed by atoms with Gasteiger partial charge in [0, 0.05) is 10.9 Å². The molecule has 0 aliphatic rings. The highest BCUT2D eigenvalue weighted by Gasteiger charge is 2.17. The molecular weight excluding hydrogens is 393 g/mol. The highest BCUT2D eigenvalue weighted by Crippen LogP contribution is 2.34. The van der Waals surface area contributed by atoms with Crippen LogP contribution in [0.3, 0.4) is 0 Å². The first kappa shape index (κ1) is 20.6. The van der Waals surface area contributed by atoms with E-state index in [1.165, 1.54) is 37.7 Å². The highest BCUT2D eigenvalue weighted by atomic mass is 35.5. The maximum absolute atomic E-state index is 11.8. The van der Waals surface area contributed by atoms with Crippen LogP contribution in [0.1, 0.15) is 54.9 Å². The molecular formula is C23H23Cl2NO2. The van der Waals surface area contributed by atoms with Gasteiger partial charge in [0.2, 0.25) is 0 Å². The Balaban J connectivity index is 1.89. The van der Waals surface area contributed by atoms with Gasteiger partial charge in [-0.1, -0.05) is 80.1 Å². The van der Waals surface area contributed by atoms with Gasteiger partial charge in [-0.05, 0) is 36.6 Å². The monoisotopic (exact) mass is 415 g/mol. The molecule has 0 unspecified atom stereocenters. The fourth-order valence-electron chi connectivity index (χ4n) is 3.36. The van der Waals surface area contributed by atoms with E-state index in [4.69, 9.17) is 23.2 Å². The number of aromatic carboxylic acids is 1. The maximum Gasteiger partial charge on any atom is 0.336 e. The van der Waals surface area contributed by atoms with Crippen LogP contribution in [0.15, 0.2) is 42.5 Å². The summed E-state index contributed by atoms with van der Waals surface area (Å²) in [7, 11) is 0. The summed E-state index contributed by atoms with van der Waals surface area (Å²) in [6.07, 6.45) is 7.33. The van der Waals surface area contributed by atoms with Crippen LogP contribution < -0.4 is 0 Å². The van der Waals surface area contributed by atoms with Crippen molar-refractivity contribution in [2.75, 3.05) is 0 Å². The number of aryl methyl sites for hydroxylation is 1. The van der Waals surface area contributed by atoms with Crippen LogP contribution in [-0.4, -0.2) is 16.1 Å². The van der Waals surface area contributed by atoms with Crippen LogP contribution in [0.2, 0.25) is 10.0 Å². The second kappa shape index (κ2) is 9.40. The van der Waals surface area contributed by atoms with Crippen molar-refractivity contribution >= 4 is 40.1 Å². The first-order valence-electron chi connectivity index (χ1n) is 9.62. The van der Waals surface area contributed by atoms with Gasteiger partial charge in [0.1, 0.15) is 0 Å². The lowest BCUT2D eigenvalue weighted by Crippen LogP contribution is -2.01. The number of carboxylic acid groups (broad SMARTS) is 1. The number of benzene rings is 2. The molecule has 0 fully saturated rings. The number of nitrogens with zero attached hydrogens (tertiary/aromatic N) is 1. The minimum Gasteiger partial charge on any atom is -0.478 e. The van der Waals surface area contributed by atoms with E-state index in [9.17, 15) is 9.90 Å². The second-order valence-electron chi connectivity index (χ2n) is 6.97. The Kier molecular flexibility index (Phi) is 6.93. The molecule has 0 amide bonds. The topological polar surface area (TPSA) is 50.2 Å². The zero-order chi connectivity index (χ0) is 20.1. The number of hydrogen-bond donors (Lipinski definition) is 1. The predicted octanol–water partition coefficient (Wildman–Crippen LogP) is 7.42. The number of halogens is 2. The lowest BCUT2D eigenvalue weighted by molar-refractivity contribution is 0.0699. The Bertz CT molecular complexity index is 984. The zero-order valence-corrected chi connectivity index (χ0v) is 17.4. The van der Waals surface area contributed by atoms with Gasteiger partial charge in [0.15, 0.2) is 0 Å².